The average molecular weight is 194 g/mol. The maximum absolute atomic E-state index is 5.98. The van der Waals surface area contributed by atoms with Crippen molar-refractivity contribution in [1.82, 2.24) is 9.97 Å². The number of nitrogen functional groups attached to an aromatic ring is 1. The van der Waals surface area contributed by atoms with Crippen molar-refractivity contribution in [2.24, 2.45) is 0 Å². The molecule has 1 aromatic carbocycles. The lowest BCUT2D eigenvalue weighted by molar-refractivity contribution is 1.31. The summed E-state index contributed by atoms with van der Waals surface area (Å²) in [5.74, 6) is 0.755. The van der Waals surface area contributed by atoms with Crippen LogP contribution in [0.4, 0.5) is 5.69 Å². The highest BCUT2D eigenvalue weighted by molar-refractivity contribution is 6.33. The number of halogens is 1. The number of H-pyrrole nitrogens is 1. The predicted octanol–water partition coefficient (Wildman–Crippen LogP) is 2.31. The summed E-state index contributed by atoms with van der Waals surface area (Å²) in [5, 5.41) is 0.606. The van der Waals surface area contributed by atoms with Crippen LogP contribution in [0.15, 0.2) is 30.6 Å². The fourth-order valence-electron chi connectivity index (χ4n) is 1.14. The lowest BCUT2D eigenvalue weighted by Gasteiger charge is -2.01. The van der Waals surface area contributed by atoms with E-state index in [9.17, 15) is 0 Å². The second-order valence-corrected chi connectivity index (χ2v) is 3.08. The number of rotatable bonds is 1. The minimum absolute atomic E-state index is 0.606. The smallest absolute Gasteiger partial charge is 0.138 e. The Balaban J connectivity index is 2.53. The normalized spacial score (nSPS) is 10.2. The molecule has 3 nitrogen and oxygen atoms in total. The molecule has 13 heavy (non-hydrogen) atoms. The average Bonchev–Trinajstić information content (AvgIpc) is 2.56. The molecule has 0 amide bonds. The quantitative estimate of drug-likeness (QED) is 0.683. The Morgan fingerprint density at radius 3 is 2.85 bits per heavy atom. The summed E-state index contributed by atoms with van der Waals surface area (Å²) < 4.78 is 0. The summed E-state index contributed by atoms with van der Waals surface area (Å²) in [7, 11) is 0. The van der Waals surface area contributed by atoms with Gasteiger partial charge in [-0.2, -0.15) is 0 Å². The number of nitrogens with one attached hydrogen (secondary N) is 1. The monoisotopic (exact) mass is 193 g/mol. The molecule has 0 saturated heterocycles. The lowest BCUT2D eigenvalue weighted by atomic mass is 10.2. The number of nitrogens with zero attached hydrogens (tertiary/aromatic N) is 1. The van der Waals surface area contributed by atoms with E-state index in [1.807, 2.05) is 6.07 Å². The third kappa shape index (κ3) is 1.51. The van der Waals surface area contributed by atoms with Gasteiger partial charge < -0.3 is 10.7 Å². The van der Waals surface area contributed by atoms with Crippen LogP contribution in [0, 0.1) is 0 Å². The molecule has 1 aromatic heterocycles. The van der Waals surface area contributed by atoms with Crippen molar-refractivity contribution < 1.29 is 0 Å². The van der Waals surface area contributed by atoms with Crippen LogP contribution in [0.2, 0.25) is 5.02 Å². The van der Waals surface area contributed by atoms with Crippen LogP contribution >= 0.6 is 11.6 Å². The highest BCUT2D eigenvalue weighted by atomic mass is 35.5. The molecule has 0 aliphatic rings. The highest BCUT2D eigenvalue weighted by Crippen LogP contribution is 2.26. The number of imidazole rings is 1. The van der Waals surface area contributed by atoms with Gasteiger partial charge in [0.2, 0.25) is 0 Å². The second-order valence-electron chi connectivity index (χ2n) is 2.68. The first-order valence-electron chi connectivity index (χ1n) is 3.82. The molecule has 4 heteroatoms. The molecule has 0 aliphatic carbocycles. The topological polar surface area (TPSA) is 54.7 Å². The van der Waals surface area contributed by atoms with Gasteiger partial charge in [-0.05, 0) is 18.2 Å². The Morgan fingerprint density at radius 1 is 1.38 bits per heavy atom. The summed E-state index contributed by atoms with van der Waals surface area (Å²) in [6.07, 6.45) is 3.43. The first-order valence-corrected chi connectivity index (χ1v) is 4.20. The second kappa shape index (κ2) is 3.11. The largest absolute Gasteiger partial charge is 0.399 e. The maximum Gasteiger partial charge on any atom is 0.138 e. The lowest BCUT2D eigenvalue weighted by Crippen LogP contribution is -1.86. The number of hydrogen-bond acceptors (Lipinski definition) is 2. The van der Waals surface area contributed by atoms with Gasteiger partial charge in [0.1, 0.15) is 5.82 Å². The zero-order valence-corrected chi connectivity index (χ0v) is 7.55. The number of nitrogens with two attached hydrogens (primary N) is 1. The summed E-state index contributed by atoms with van der Waals surface area (Å²) in [6.45, 7) is 0. The van der Waals surface area contributed by atoms with E-state index in [2.05, 4.69) is 9.97 Å². The fourth-order valence-corrected chi connectivity index (χ4v) is 1.41. The Bertz CT molecular complexity index is 409. The summed E-state index contributed by atoms with van der Waals surface area (Å²) in [4.78, 5) is 7.07. The van der Waals surface area contributed by atoms with E-state index in [1.165, 1.54) is 0 Å². The Labute approximate surface area is 80.6 Å². The molecule has 0 atom stereocenters. The highest BCUT2D eigenvalue weighted by Gasteiger charge is 2.04. The first-order chi connectivity index (χ1) is 6.27. The summed E-state index contributed by atoms with van der Waals surface area (Å²) in [6, 6.07) is 5.35. The van der Waals surface area contributed by atoms with E-state index in [0.717, 1.165) is 11.4 Å². The SMILES string of the molecule is Nc1ccc(-c2ncc[nH]2)c(Cl)c1. The predicted molar refractivity (Wildman–Crippen MR) is 53.4 cm³/mol. The van der Waals surface area contributed by atoms with Crippen LogP contribution in [0.3, 0.4) is 0 Å². The van der Waals surface area contributed by atoms with Crippen molar-refractivity contribution in [3.05, 3.63) is 35.6 Å². The fraction of sp³-hybridized carbons (Fsp3) is 0. The van der Waals surface area contributed by atoms with E-state index in [4.69, 9.17) is 17.3 Å². The van der Waals surface area contributed by atoms with Gasteiger partial charge in [-0.1, -0.05) is 11.6 Å². The molecule has 0 aliphatic heterocycles. The van der Waals surface area contributed by atoms with E-state index in [-0.39, 0.29) is 0 Å². The van der Waals surface area contributed by atoms with E-state index in [0.29, 0.717) is 10.7 Å². The van der Waals surface area contributed by atoms with Gasteiger partial charge in [0.25, 0.3) is 0 Å². The maximum atomic E-state index is 5.98. The molecular formula is C9H8ClN3. The van der Waals surface area contributed by atoms with Crippen LogP contribution in [0.1, 0.15) is 0 Å². The third-order valence-electron chi connectivity index (χ3n) is 1.75. The van der Waals surface area contributed by atoms with Gasteiger partial charge in [0.15, 0.2) is 0 Å². The Kier molecular flexibility index (Phi) is 1.94. The van der Waals surface area contributed by atoms with Crippen molar-refractivity contribution in [2.45, 2.75) is 0 Å². The molecule has 0 radical (unpaired) electrons. The van der Waals surface area contributed by atoms with Crippen LogP contribution in [-0.4, -0.2) is 9.97 Å². The van der Waals surface area contributed by atoms with E-state index >= 15 is 0 Å². The zero-order valence-electron chi connectivity index (χ0n) is 6.79. The molecule has 0 saturated carbocycles. The van der Waals surface area contributed by atoms with E-state index in [1.54, 1.807) is 24.5 Å². The summed E-state index contributed by atoms with van der Waals surface area (Å²) >= 11 is 5.98. The number of anilines is 1. The molecule has 0 bridgehead atoms. The molecule has 3 N–H and O–H groups in total. The number of benzene rings is 1. The zero-order chi connectivity index (χ0) is 9.26. The van der Waals surface area contributed by atoms with Crippen molar-refractivity contribution in [3.8, 4) is 11.4 Å². The van der Waals surface area contributed by atoms with Crippen LogP contribution in [0.25, 0.3) is 11.4 Å². The molecule has 0 fully saturated rings. The van der Waals surface area contributed by atoms with Gasteiger partial charge in [-0.25, -0.2) is 4.98 Å². The molecule has 2 rings (SSSR count). The van der Waals surface area contributed by atoms with Crippen molar-refractivity contribution in [3.63, 3.8) is 0 Å². The minimum atomic E-state index is 0.606. The van der Waals surface area contributed by atoms with Gasteiger partial charge >= 0.3 is 0 Å². The number of hydrogen-bond donors (Lipinski definition) is 2. The summed E-state index contributed by atoms with van der Waals surface area (Å²) in [5.41, 5.74) is 7.08. The Morgan fingerprint density at radius 2 is 2.23 bits per heavy atom. The molecule has 0 unspecified atom stereocenters. The van der Waals surface area contributed by atoms with Crippen molar-refractivity contribution in [2.75, 3.05) is 5.73 Å². The molecule has 0 spiro atoms. The van der Waals surface area contributed by atoms with Gasteiger partial charge in [0.05, 0.1) is 5.02 Å². The number of aromatic nitrogens is 2. The van der Waals surface area contributed by atoms with Crippen LogP contribution in [0.5, 0.6) is 0 Å². The van der Waals surface area contributed by atoms with Gasteiger partial charge in [-0.15, -0.1) is 0 Å². The first kappa shape index (κ1) is 8.13. The standard InChI is InChI=1S/C9H8ClN3/c10-8-5-6(11)1-2-7(8)9-12-3-4-13-9/h1-5H,11H2,(H,12,13). The molecule has 2 aromatic rings. The van der Waals surface area contributed by atoms with Gasteiger partial charge in [0, 0.05) is 23.6 Å². The van der Waals surface area contributed by atoms with Gasteiger partial charge in [-0.3, -0.25) is 0 Å². The number of aromatic amines is 1. The Hall–Kier alpha value is -1.48. The van der Waals surface area contributed by atoms with E-state index < -0.39 is 0 Å². The molecule has 1 heterocycles. The third-order valence-corrected chi connectivity index (χ3v) is 2.06. The molecule has 66 valence electrons. The minimum Gasteiger partial charge on any atom is -0.399 e. The van der Waals surface area contributed by atoms with Crippen LogP contribution in [-0.2, 0) is 0 Å². The molecular weight excluding hydrogens is 186 g/mol. The van der Waals surface area contributed by atoms with Crippen molar-refractivity contribution in [1.29, 1.82) is 0 Å². The van der Waals surface area contributed by atoms with Crippen LogP contribution < -0.4 is 5.73 Å². The van der Waals surface area contributed by atoms with Crippen molar-refractivity contribution >= 4 is 17.3 Å².